The van der Waals surface area contributed by atoms with Gasteiger partial charge in [0.1, 0.15) is 17.3 Å². The number of hydrogen-bond acceptors (Lipinski definition) is 3. The van der Waals surface area contributed by atoms with Crippen LogP contribution in [-0.4, -0.2) is 32.9 Å². The van der Waals surface area contributed by atoms with Gasteiger partial charge in [0.25, 0.3) is 0 Å². The number of halogens is 2. The van der Waals surface area contributed by atoms with Crippen molar-refractivity contribution in [2.24, 2.45) is 0 Å². The van der Waals surface area contributed by atoms with Crippen LogP contribution >= 0.6 is 23.2 Å². The predicted molar refractivity (Wildman–Crippen MR) is 88.2 cm³/mol. The molecule has 0 fully saturated rings. The average Bonchev–Trinajstić information content (AvgIpc) is 2.47. The van der Waals surface area contributed by atoms with Crippen molar-refractivity contribution in [2.45, 2.75) is 4.90 Å². The average molecular weight is 360 g/mol. The minimum atomic E-state index is -3.77. The molecule has 2 rings (SSSR count). The van der Waals surface area contributed by atoms with Gasteiger partial charge in [-0.15, -0.1) is 0 Å². The van der Waals surface area contributed by atoms with Gasteiger partial charge in [-0.1, -0.05) is 47.5 Å². The van der Waals surface area contributed by atoms with Crippen LogP contribution in [-0.2, 0) is 10.0 Å². The first-order valence-electron chi connectivity index (χ1n) is 6.51. The number of benzene rings is 2. The van der Waals surface area contributed by atoms with Crippen molar-refractivity contribution < 1.29 is 13.2 Å². The molecule has 0 radical (unpaired) electrons. The summed E-state index contributed by atoms with van der Waals surface area (Å²) in [6.45, 7) is 0.403. The molecule has 4 nitrogen and oxygen atoms in total. The van der Waals surface area contributed by atoms with Crippen LogP contribution in [0.1, 0.15) is 0 Å². The van der Waals surface area contributed by atoms with Crippen LogP contribution in [0.3, 0.4) is 0 Å². The van der Waals surface area contributed by atoms with E-state index in [-0.39, 0.29) is 28.1 Å². The minimum absolute atomic E-state index is 0.0828. The summed E-state index contributed by atoms with van der Waals surface area (Å²) in [6.07, 6.45) is 0. The van der Waals surface area contributed by atoms with E-state index in [4.69, 9.17) is 27.9 Å². The lowest BCUT2D eigenvalue weighted by molar-refractivity contribution is 0.287. The molecule has 0 spiro atoms. The van der Waals surface area contributed by atoms with Gasteiger partial charge >= 0.3 is 0 Å². The number of nitrogens with zero attached hydrogens (tertiary/aromatic N) is 1. The Bertz CT molecular complexity index is 715. The standard InChI is InChI=1S/C15H15Cl2NO3S/c1-18(10-11-21-12-6-3-2-4-7-12)22(19,20)15-13(16)8-5-9-14(15)17/h2-9H,10-11H2,1H3. The smallest absolute Gasteiger partial charge is 0.245 e. The summed E-state index contributed by atoms with van der Waals surface area (Å²) in [7, 11) is -2.30. The Kier molecular flexibility index (Phi) is 5.69. The number of hydrogen-bond donors (Lipinski definition) is 0. The van der Waals surface area contributed by atoms with Crippen LogP contribution in [0.25, 0.3) is 0 Å². The van der Waals surface area contributed by atoms with Crippen molar-refractivity contribution in [1.29, 1.82) is 0 Å². The first-order chi connectivity index (χ1) is 10.4. The molecule has 0 saturated heterocycles. The molecular formula is C15H15Cl2NO3S. The van der Waals surface area contributed by atoms with Crippen molar-refractivity contribution >= 4 is 33.2 Å². The third-order valence-electron chi connectivity index (χ3n) is 3.01. The van der Waals surface area contributed by atoms with Crippen LogP contribution in [0.2, 0.25) is 10.0 Å². The van der Waals surface area contributed by atoms with E-state index in [0.717, 1.165) is 0 Å². The first-order valence-corrected chi connectivity index (χ1v) is 8.70. The van der Waals surface area contributed by atoms with E-state index >= 15 is 0 Å². The summed E-state index contributed by atoms with van der Waals surface area (Å²) < 4.78 is 31.7. The highest BCUT2D eigenvalue weighted by atomic mass is 35.5. The Labute approximate surface area is 140 Å². The van der Waals surface area contributed by atoms with E-state index < -0.39 is 10.0 Å². The highest BCUT2D eigenvalue weighted by Crippen LogP contribution is 2.30. The van der Waals surface area contributed by atoms with Crippen LogP contribution in [0.15, 0.2) is 53.4 Å². The lowest BCUT2D eigenvalue weighted by Crippen LogP contribution is -2.31. The minimum Gasteiger partial charge on any atom is -0.492 e. The molecule has 0 aliphatic heterocycles. The van der Waals surface area contributed by atoms with E-state index in [9.17, 15) is 8.42 Å². The molecular weight excluding hydrogens is 345 g/mol. The quantitative estimate of drug-likeness (QED) is 0.789. The lowest BCUT2D eigenvalue weighted by Gasteiger charge is -2.19. The Hall–Kier alpha value is -1.27. The zero-order chi connectivity index (χ0) is 16.2. The molecule has 2 aromatic rings. The van der Waals surface area contributed by atoms with E-state index in [0.29, 0.717) is 5.75 Å². The van der Waals surface area contributed by atoms with Gasteiger partial charge in [0, 0.05) is 13.6 Å². The van der Waals surface area contributed by atoms with Gasteiger partial charge in [-0.2, -0.15) is 4.31 Å². The molecule has 0 N–H and O–H groups in total. The molecule has 0 unspecified atom stereocenters. The molecule has 0 aliphatic carbocycles. The second-order valence-corrected chi connectivity index (χ2v) is 7.34. The lowest BCUT2D eigenvalue weighted by atomic mass is 10.3. The molecule has 0 saturated carbocycles. The van der Waals surface area contributed by atoms with E-state index in [1.54, 1.807) is 18.2 Å². The zero-order valence-electron chi connectivity index (χ0n) is 11.9. The van der Waals surface area contributed by atoms with Gasteiger partial charge in [-0.3, -0.25) is 0 Å². The Morgan fingerprint density at radius 1 is 1.00 bits per heavy atom. The number of para-hydroxylation sites is 1. The van der Waals surface area contributed by atoms with Crippen molar-refractivity contribution in [3.05, 3.63) is 58.6 Å². The summed E-state index contributed by atoms with van der Waals surface area (Å²) in [5.74, 6) is 0.684. The van der Waals surface area contributed by atoms with E-state index in [1.807, 2.05) is 18.2 Å². The van der Waals surface area contributed by atoms with Crippen LogP contribution in [0.4, 0.5) is 0 Å². The predicted octanol–water partition coefficient (Wildman–Crippen LogP) is 3.69. The van der Waals surface area contributed by atoms with Crippen molar-refractivity contribution in [2.75, 3.05) is 20.2 Å². The molecule has 0 atom stereocenters. The van der Waals surface area contributed by atoms with Crippen LogP contribution < -0.4 is 4.74 Å². The molecule has 0 aromatic heterocycles. The SMILES string of the molecule is CN(CCOc1ccccc1)S(=O)(=O)c1c(Cl)cccc1Cl. The molecule has 0 bridgehead atoms. The fourth-order valence-electron chi connectivity index (χ4n) is 1.81. The van der Waals surface area contributed by atoms with Gasteiger partial charge in [-0.25, -0.2) is 8.42 Å². The fraction of sp³-hybridized carbons (Fsp3) is 0.200. The first kappa shape index (κ1) is 17.1. The van der Waals surface area contributed by atoms with Gasteiger partial charge in [0.15, 0.2) is 0 Å². The number of rotatable bonds is 6. The second-order valence-electron chi connectivity index (χ2n) is 4.54. The van der Waals surface area contributed by atoms with Gasteiger partial charge in [-0.05, 0) is 24.3 Å². The summed E-state index contributed by atoms with van der Waals surface area (Å²) in [4.78, 5) is -0.0828. The van der Waals surface area contributed by atoms with Crippen molar-refractivity contribution in [1.82, 2.24) is 4.31 Å². The second kappa shape index (κ2) is 7.33. The van der Waals surface area contributed by atoms with Gasteiger partial charge < -0.3 is 4.74 Å². The highest BCUT2D eigenvalue weighted by molar-refractivity contribution is 7.89. The highest BCUT2D eigenvalue weighted by Gasteiger charge is 2.26. The fourth-order valence-corrected chi connectivity index (χ4v) is 4.05. The molecule has 0 heterocycles. The normalized spacial score (nSPS) is 11.6. The molecule has 7 heteroatoms. The Morgan fingerprint density at radius 2 is 1.59 bits per heavy atom. The maximum absolute atomic E-state index is 12.5. The largest absolute Gasteiger partial charge is 0.492 e. The Morgan fingerprint density at radius 3 is 2.18 bits per heavy atom. The third-order valence-corrected chi connectivity index (χ3v) is 5.82. The topological polar surface area (TPSA) is 46.6 Å². The third kappa shape index (κ3) is 3.93. The number of sulfonamides is 1. The summed E-state index contributed by atoms with van der Waals surface area (Å²) in [5, 5.41) is 0.201. The van der Waals surface area contributed by atoms with Crippen molar-refractivity contribution in [3.8, 4) is 5.75 Å². The van der Waals surface area contributed by atoms with Crippen LogP contribution in [0.5, 0.6) is 5.75 Å². The Balaban J connectivity index is 2.06. The number of likely N-dealkylation sites (N-methyl/N-ethyl adjacent to an activating group) is 1. The molecule has 118 valence electrons. The van der Waals surface area contributed by atoms with E-state index in [1.165, 1.54) is 23.5 Å². The van der Waals surface area contributed by atoms with Crippen LogP contribution in [0, 0.1) is 0 Å². The monoisotopic (exact) mass is 359 g/mol. The van der Waals surface area contributed by atoms with Crippen molar-refractivity contribution in [3.63, 3.8) is 0 Å². The van der Waals surface area contributed by atoms with Gasteiger partial charge in [0.05, 0.1) is 10.0 Å². The zero-order valence-corrected chi connectivity index (χ0v) is 14.2. The summed E-state index contributed by atoms with van der Waals surface area (Å²) in [6, 6.07) is 13.8. The molecule has 22 heavy (non-hydrogen) atoms. The molecule has 0 aliphatic rings. The molecule has 2 aromatic carbocycles. The number of ether oxygens (including phenoxy) is 1. The van der Waals surface area contributed by atoms with Gasteiger partial charge in [0.2, 0.25) is 10.0 Å². The molecule has 0 amide bonds. The maximum atomic E-state index is 12.5. The summed E-state index contributed by atoms with van der Waals surface area (Å²) in [5.41, 5.74) is 0. The van der Waals surface area contributed by atoms with E-state index in [2.05, 4.69) is 0 Å². The maximum Gasteiger partial charge on any atom is 0.245 e. The summed E-state index contributed by atoms with van der Waals surface area (Å²) >= 11 is 11.9.